The maximum atomic E-state index is 11.6. The predicted molar refractivity (Wildman–Crippen MR) is 99.9 cm³/mol. The SMILES string of the molecule is Cc1ccccc1OC(Cc1ccc(Oc2ccccc2)cc1)C(=O)O. The number of benzene rings is 3. The van der Waals surface area contributed by atoms with Crippen molar-refractivity contribution >= 4 is 5.97 Å². The summed E-state index contributed by atoms with van der Waals surface area (Å²) in [5, 5.41) is 9.49. The smallest absolute Gasteiger partial charge is 0.345 e. The van der Waals surface area contributed by atoms with E-state index >= 15 is 0 Å². The van der Waals surface area contributed by atoms with E-state index in [1.807, 2.05) is 79.7 Å². The third-order valence-electron chi connectivity index (χ3n) is 3.96. The Balaban J connectivity index is 1.67. The minimum atomic E-state index is -0.988. The Morgan fingerprint density at radius 2 is 1.50 bits per heavy atom. The van der Waals surface area contributed by atoms with E-state index in [4.69, 9.17) is 9.47 Å². The number of rotatable bonds is 7. The van der Waals surface area contributed by atoms with Crippen molar-refractivity contribution in [1.29, 1.82) is 0 Å². The van der Waals surface area contributed by atoms with Gasteiger partial charge < -0.3 is 14.6 Å². The maximum Gasteiger partial charge on any atom is 0.345 e. The molecule has 132 valence electrons. The number of para-hydroxylation sites is 2. The number of aliphatic carboxylic acids is 1. The molecule has 0 amide bonds. The van der Waals surface area contributed by atoms with Crippen LogP contribution in [0.15, 0.2) is 78.9 Å². The van der Waals surface area contributed by atoms with E-state index in [2.05, 4.69) is 0 Å². The Kier molecular flexibility index (Phi) is 5.54. The Labute approximate surface area is 152 Å². The molecule has 0 spiro atoms. The lowest BCUT2D eigenvalue weighted by molar-refractivity contribution is -0.145. The van der Waals surface area contributed by atoms with Crippen LogP contribution in [0.25, 0.3) is 0 Å². The molecule has 0 bridgehead atoms. The molecular formula is C22H20O4. The van der Waals surface area contributed by atoms with Gasteiger partial charge in [-0.15, -0.1) is 0 Å². The highest BCUT2D eigenvalue weighted by molar-refractivity contribution is 5.73. The van der Waals surface area contributed by atoms with E-state index in [0.29, 0.717) is 11.5 Å². The van der Waals surface area contributed by atoms with Crippen LogP contribution >= 0.6 is 0 Å². The van der Waals surface area contributed by atoms with Crippen molar-refractivity contribution in [2.75, 3.05) is 0 Å². The first-order valence-electron chi connectivity index (χ1n) is 8.39. The van der Waals surface area contributed by atoms with Crippen LogP contribution < -0.4 is 9.47 Å². The summed E-state index contributed by atoms with van der Waals surface area (Å²) in [5.74, 6) is 1.06. The van der Waals surface area contributed by atoms with Crippen LogP contribution in [-0.4, -0.2) is 17.2 Å². The van der Waals surface area contributed by atoms with Gasteiger partial charge in [-0.3, -0.25) is 0 Å². The maximum absolute atomic E-state index is 11.6. The molecule has 0 aliphatic heterocycles. The fraction of sp³-hybridized carbons (Fsp3) is 0.136. The molecule has 0 saturated heterocycles. The van der Waals surface area contributed by atoms with Crippen molar-refractivity contribution in [3.8, 4) is 17.2 Å². The first kappa shape index (κ1) is 17.5. The molecule has 0 fully saturated rings. The Hall–Kier alpha value is -3.27. The largest absolute Gasteiger partial charge is 0.478 e. The topological polar surface area (TPSA) is 55.8 Å². The molecule has 26 heavy (non-hydrogen) atoms. The van der Waals surface area contributed by atoms with Crippen LogP contribution in [0, 0.1) is 6.92 Å². The number of hydrogen-bond acceptors (Lipinski definition) is 3. The van der Waals surface area contributed by atoms with Gasteiger partial charge in [-0.1, -0.05) is 48.5 Å². The average molecular weight is 348 g/mol. The molecular weight excluding hydrogens is 328 g/mol. The highest BCUT2D eigenvalue weighted by Crippen LogP contribution is 2.23. The zero-order chi connectivity index (χ0) is 18.4. The molecule has 0 aliphatic carbocycles. The van der Waals surface area contributed by atoms with E-state index in [9.17, 15) is 9.90 Å². The van der Waals surface area contributed by atoms with E-state index in [1.165, 1.54) is 0 Å². The summed E-state index contributed by atoms with van der Waals surface area (Å²) in [6, 6.07) is 24.3. The van der Waals surface area contributed by atoms with Crippen LogP contribution in [0.1, 0.15) is 11.1 Å². The zero-order valence-electron chi connectivity index (χ0n) is 14.5. The van der Waals surface area contributed by atoms with Gasteiger partial charge >= 0.3 is 5.97 Å². The van der Waals surface area contributed by atoms with Crippen LogP contribution in [0.5, 0.6) is 17.2 Å². The van der Waals surface area contributed by atoms with E-state index in [-0.39, 0.29) is 6.42 Å². The van der Waals surface area contributed by atoms with Gasteiger partial charge in [0.2, 0.25) is 0 Å². The molecule has 3 rings (SSSR count). The van der Waals surface area contributed by atoms with Gasteiger partial charge in [0.05, 0.1) is 0 Å². The lowest BCUT2D eigenvalue weighted by Gasteiger charge is -2.17. The van der Waals surface area contributed by atoms with Gasteiger partial charge in [-0.2, -0.15) is 0 Å². The summed E-state index contributed by atoms with van der Waals surface area (Å²) in [4.78, 5) is 11.6. The summed E-state index contributed by atoms with van der Waals surface area (Å²) in [6.07, 6.45) is -0.674. The molecule has 1 unspecified atom stereocenters. The fourth-order valence-corrected chi connectivity index (χ4v) is 2.55. The molecule has 0 aliphatic rings. The summed E-state index contributed by atoms with van der Waals surface area (Å²) in [7, 11) is 0. The molecule has 0 radical (unpaired) electrons. The van der Waals surface area contributed by atoms with Gasteiger partial charge in [0, 0.05) is 6.42 Å². The first-order chi connectivity index (χ1) is 12.6. The molecule has 0 aromatic heterocycles. The highest BCUT2D eigenvalue weighted by Gasteiger charge is 2.20. The second-order valence-electron chi connectivity index (χ2n) is 5.97. The molecule has 3 aromatic carbocycles. The predicted octanol–water partition coefficient (Wildman–Crippen LogP) is 4.86. The Bertz CT molecular complexity index is 857. The quantitative estimate of drug-likeness (QED) is 0.662. The normalized spacial score (nSPS) is 11.6. The molecule has 4 nitrogen and oxygen atoms in total. The minimum Gasteiger partial charge on any atom is -0.478 e. The number of hydrogen-bond donors (Lipinski definition) is 1. The lowest BCUT2D eigenvalue weighted by Crippen LogP contribution is -2.29. The van der Waals surface area contributed by atoms with Crippen molar-refractivity contribution < 1.29 is 19.4 Å². The summed E-state index contributed by atoms with van der Waals surface area (Å²) in [5.41, 5.74) is 1.77. The van der Waals surface area contributed by atoms with Crippen molar-refractivity contribution in [3.05, 3.63) is 90.0 Å². The number of aryl methyl sites for hydroxylation is 1. The molecule has 4 heteroatoms. The fourth-order valence-electron chi connectivity index (χ4n) is 2.55. The van der Waals surface area contributed by atoms with Crippen LogP contribution in [0.3, 0.4) is 0 Å². The third-order valence-corrected chi connectivity index (χ3v) is 3.96. The summed E-state index contributed by atoms with van der Waals surface area (Å²) in [6.45, 7) is 1.89. The summed E-state index contributed by atoms with van der Waals surface area (Å²) < 4.78 is 11.5. The van der Waals surface area contributed by atoms with Gasteiger partial charge in [0.15, 0.2) is 6.10 Å². The second kappa shape index (κ2) is 8.21. The van der Waals surface area contributed by atoms with Crippen LogP contribution in [-0.2, 0) is 11.2 Å². The van der Waals surface area contributed by atoms with Crippen molar-refractivity contribution in [2.24, 2.45) is 0 Å². The molecule has 0 heterocycles. The number of carbonyl (C=O) groups is 1. The van der Waals surface area contributed by atoms with Crippen molar-refractivity contribution in [2.45, 2.75) is 19.4 Å². The number of carboxylic acid groups (broad SMARTS) is 1. The number of carboxylic acids is 1. The van der Waals surface area contributed by atoms with E-state index in [1.54, 1.807) is 6.07 Å². The van der Waals surface area contributed by atoms with Crippen LogP contribution in [0.2, 0.25) is 0 Å². The van der Waals surface area contributed by atoms with Gasteiger partial charge in [0.25, 0.3) is 0 Å². The van der Waals surface area contributed by atoms with Crippen LogP contribution in [0.4, 0.5) is 0 Å². The Morgan fingerprint density at radius 3 is 2.15 bits per heavy atom. The second-order valence-corrected chi connectivity index (χ2v) is 5.97. The van der Waals surface area contributed by atoms with Gasteiger partial charge in [0.1, 0.15) is 17.2 Å². The number of ether oxygens (including phenoxy) is 2. The highest BCUT2D eigenvalue weighted by atomic mass is 16.5. The first-order valence-corrected chi connectivity index (χ1v) is 8.39. The van der Waals surface area contributed by atoms with E-state index < -0.39 is 12.1 Å². The average Bonchev–Trinajstić information content (AvgIpc) is 2.65. The van der Waals surface area contributed by atoms with Crippen molar-refractivity contribution in [1.82, 2.24) is 0 Å². The zero-order valence-corrected chi connectivity index (χ0v) is 14.5. The lowest BCUT2D eigenvalue weighted by atomic mass is 10.1. The molecule has 0 saturated carbocycles. The monoisotopic (exact) mass is 348 g/mol. The molecule has 1 N–H and O–H groups in total. The minimum absolute atomic E-state index is 0.273. The van der Waals surface area contributed by atoms with E-state index in [0.717, 1.165) is 16.9 Å². The molecule has 1 atom stereocenters. The molecule has 3 aromatic rings. The Morgan fingerprint density at radius 1 is 0.885 bits per heavy atom. The van der Waals surface area contributed by atoms with Crippen molar-refractivity contribution in [3.63, 3.8) is 0 Å². The third kappa shape index (κ3) is 4.63. The summed E-state index contributed by atoms with van der Waals surface area (Å²) >= 11 is 0. The standard InChI is InChI=1S/C22H20O4/c1-16-7-5-6-10-20(16)26-21(22(23)24)15-17-11-13-19(14-12-17)25-18-8-3-2-4-9-18/h2-14,21H,15H2,1H3,(H,23,24). The van der Waals surface area contributed by atoms with Gasteiger partial charge in [-0.05, 0) is 48.4 Å². The van der Waals surface area contributed by atoms with Gasteiger partial charge in [-0.25, -0.2) is 4.79 Å².